The second-order valence-electron chi connectivity index (χ2n) is 16.8. The average molecular weight is 814 g/mol. The minimum Gasteiger partial charge on any atom is -0.453 e. The highest BCUT2D eigenvalue weighted by atomic mass is 16.3. The molecule has 0 saturated heterocycles. The number of nitrogens with zero attached hydrogens (tertiary/aromatic N) is 1. The van der Waals surface area contributed by atoms with E-state index >= 15 is 0 Å². The molecule has 298 valence electrons. The Labute approximate surface area is 370 Å². The fourth-order valence-electron chi connectivity index (χ4n) is 10.1. The zero-order valence-electron chi connectivity index (χ0n) is 34.9. The summed E-state index contributed by atoms with van der Waals surface area (Å²) in [4.78, 5) is 2.39. The summed E-state index contributed by atoms with van der Waals surface area (Å²) in [6, 6.07) is 86.1. The van der Waals surface area contributed by atoms with Gasteiger partial charge in [0.15, 0.2) is 5.58 Å². The van der Waals surface area contributed by atoms with Gasteiger partial charge < -0.3 is 9.32 Å². The van der Waals surface area contributed by atoms with Crippen LogP contribution in [0.4, 0.5) is 17.1 Å². The van der Waals surface area contributed by atoms with E-state index in [0.717, 1.165) is 60.9 Å². The van der Waals surface area contributed by atoms with Gasteiger partial charge in [0.2, 0.25) is 0 Å². The Hall–Kier alpha value is -8.46. The van der Waals surface area contributed by atoms with Crippen molar-refractivity contribution in [2.45, 2.75) is 0 Å². The summed E-state index contributed by atoms with van der Waals surface area (Å²) in [5, 5.41) is 14.4. The second kappa shape index (κ2) is 14.6. The molecule has 0 atom stereocenters. The molecule has 0 aliphatic heterocycles. The molecule has 0 spiro atoms. The molecule has 13 aromatic rings. The number of hydrogen-bond acceptors (Lipinski definition) is 2. The lowest BCUT2D eigenvalue weighted by molar-refractivity contribution is 0.673. The molecule has 0 radical (unpaired) electrons. The Morgan fingerprint density at radius 2 is 0.828 bits per heavy atom. The molecule has 0 fully saturated rings. The van der Waals surface area contributed by atoms with Gasteiger partial charge in [0.05, 0.1) is 5.69 Å². The highest BCUT2D eigenvalue weighted by Crippen LogP contribution is 2.46. The minimum atomic E-state index is 0.853. The van der Waals surface area contributed by atoms with Crippen molar-refractivity contribution in [3.63, 3.8) is 0 Å². The zero-order valence-corrected chi connectivity index (χ0v) is 34.9. The molecule has 0 unspecified atom stereocenters. The smallest absolute Gasteiger partial charge is 0.159 e. The van der Waals surface area contributed by atoms with Crippen LogP contribution >= 0.6 is 0 Å². The van der Waals surface area contributed by atoms with Gasteiger partial charge in [-0.15, -0.1) is 0 Å². The number of fused-ring (bicyclic) bond motifs is 10. The molecule has 0 aliphatic rings. The molecule has 12 aromatic carbocycles. The molecular weight excluding hydrogens is 775 g/mol. The molecule has 0 amide bonds. The molecule has 0 N–H and O–H groups in total. The lowest BCUT2D eigenvalue weighted by atomic mass is 9.92. The summed E-state index contributed by atoms with van der Waals surface area (Å²) >= 11 is 0. The third-order valence-electron chi connectivity index (χ3n) is 13.2. The van der Waals surface area contributed by atoms with Crippen LogP contribution in [0.5, 0.6) is 0 Å². The fraction of sp³-hybridized carbons (Fsp3) is 0. The first kappa shape index (κ1) is 36.2. The SMILES string of the molecule is c1cc(-c2ccc(-c3cc4ccccc4c4ccccc34)cc2)cc(N(c2cc(-c3ccc4ccccc4c3)c3ccccc3c2)c2cccc3c2oc2c4ccccc4ccc32)c1. The molecule has 0 aliphatic carbocycles. The van der Waals surface area contributed by atoms with Gasteiger partial charge in [0.1, 0.15) is 5.58 Å². The molecule has 0 saturated carbocycles. The maximum Gasteiger partial charge on any atom is 0.159 e. The van der Waals surface area contributed by atoms with Crippen LogP contribution in [0.2, 0.25) is 0 Å². The summed E-state index contributed by atoms with van der Waals surface area (Å²) in [6.07, 6.45) is 0. The molecule has 13 rings (SSSR count). The summed E-state index contributed by atoms with van der Waals surface area (Å²) < 4.78 is 7.06. The van der Waals surface area contributed by atoms with Crippen molar-refractivity contribution in [2.24, 2.45) is 0 Å². The minimum absolute atomic E-state index is 0.853. The van der Waals surface area contributed by atoms with Gasteiger partial charge in [0, 0.05) is 27.5 Å². The van der Waals surface area contributed by atoms with E-state index < -0.39 is 0 Å². The molecule has 1 aromatic heterocycles. The van der Waals surface area contributed by atoms with E-state index in [1.54, 1.807) is 0 Å². The summed E-state index contributed by atoms with van der Waals surface area (Å²) in [7, 11) is 0. The molecule has 64 heavy (non-hydrogen) atoms. The maximum atomic E-state index is 7.06. The van der Waals surface area contributed by atoms with Gasteiger partial charge in [-0.1, -0.05) is 188 Å². The van der Waals surface area contributed by atoms with Crippen LogP contribution in [0.15, 0.2) is 241 Å². The highest BCUT2D eigenvalue weighted by Gasteiger charge is 2.22. The summed E-state index contributed by atoms with van der Waals surface area (Å²) in [6.45, 7) is 0. The van der Waals surface area contributed by atoms with E-state index in [2.05, 4.69) is 241 Å². The van der Waals surface area contributed by atoms with E-state index in [9.17, 15) is 0 Å². The van der Waals surface area contributed by atoms with Gasteiger partial charge in [-0.3, -0.25) is 0 Å². The van der Waals surface area contributed by atoms with Gasteiger partial charge in [0.25, 0.3) is 0 Å². The van der Waals surface area contributed by atoms with Crippen LogP contribution < -0.4 is 4.90 Å². The summed E-state index contributed by atoms with van der Waals surface area (Å²) in [5.74, 6) is 0. The monoisotopic (exact) mass is 813 g/mol. The lowest BCUT2D eigenvalue weighted by Crippen LogP contribution is -2.10. The van der Waals surface area contributed by atoms with Gasteiger partial charge in [-0.05, 0) is 130 Å². The van der Waals surface area contributed by atoms with Crippen LogP contribution in [0.25, 0.3) is 109 Å². The van der Waals surface area contributed by atoms with Crippen molar-refractivity contribution < 1.29 is 4.42 Å². The number of hydrogen-bond donors (Lipinski definition) is 0. The van der Waals surface area contributed by atoms with E-state index in [4.69, 9.17) is 4.42 Å². The molecule has 1 heterocycles. The second-order valence-corrected chi connectivity index (χ2v) is 16.8. The van der Waals surface area contributed by atoms with Crippen LogP contribution in [0.1, 0.15) is 0 Å². The first-order valence-corrected chi connectivity index (χ1v) is 22.0. The van der Waals surface area contributed by atoms with Crippen LogP contribution in [0, 0.1) is 0 Å². The van der Waals surface area contributed by atoms with E-state index in [-0.39, 0.29) is 0 Å². The predicted molar refractivity (Wildman–Crippen MR) is 272 cm³/mol. The molecule has 2 nitrogen and oxygen atoms in total. The Kier molecular flexibility index (Phi) is 8.25. The summed E-state index contributed by atoms with van der Waals surface area (Å²) in [5.41, 5.74) is 11.9. The van der Waals surface area contributed by atoms with E-state index in [1.165, 1.54) is 65.3 Å². The van der Waals surface area contributed by atoms with E-state index in [0.29, 0.717) is 0 Å². The normalized spacial score (nSPS) is 11.8. The maximum absolute atomic E-state index is 7.06. The van der Waals surface area contributed by atoms with Crippen LogP contribution in [-0.4, -0.2) is 0 Å². The van der Waals surface area contributed by atoms with Crippen molar-refractivity contribution in [3.8, 4) is 33.4 Å². The number of benzene rings is 12. The number of para-hydroxylation sites is 1. The largest absolute Gasteiger partial charge is 0.453 e. The molecule has 0 bridgehead atoms. The zero-order chi connectivity index (χ0) is 42.1. The number of furan rings is 1. The Balaban J connectivity index is 1.00. The first-order chi connectivity index (χ1) is 31.7. The lowest BCUT2D eigenvalue weighted by Gasteiger charge is -2.27. The Morgan fingerprint density at radius 3 is 1.66 bits per heavy atom. The van der Waals surface area contributed by atoms with Crippen molar-refractivity contribution in [1.29, 1.82) is 0 Å². The third-order valence-corrected chi connectivity index (χ3v) is 13.2. The molecular formula is C62H39NO. The highest BCUT2D eigenvalue weighted by molar-refractivity contribution is 6.18. The quantitative estimate of drug-likeness (QED) is 0.156. The van der Waals surface area contributed by atoms with Crippen molar-refractivity contribution in [2.75, 3.05) is 4.90 Å². The number of rotatable bonds is 6. The predicted octanol–water partition coefficient (Wildman–Crippen LogP) is 17.8. The van der Waals surface area contributed by atoms with Gasteiger partial charge in [-0.2, -0.15) is 0 Å². The van der Waals surface area contributed by atoms with Crippen molar-refractivity contribution >= 4 is 92.9 Å². The van der Waals surface area contributed by atoms with Crippen LogP contribution in [-0.2, 0) is 0 Å². The molecule has 2 heteroatoms. The standard InChI is InChI=1S/C62H39NO/c1-2-15-44-35-48(32-29-40(44)13-1)59-39-50(37-46-16-4-7-21-52(46)59)63(60-26-12-25-56-57-34-33-42-14-3-8-22-53(42)61(57)64-62(56)60)49-19-11-18-45(36-49)41-27-30-43(31-28-41)58-38-47-17-5-6-20-51(47)54-23-9-10-24-55(54)58/h1-39H. The first-order valence-electron chi connectivity index (χ1n) is 22.0. The Morgan fingerprint density at radius 1 is 0.250 bits per heavy atom. The van der Waals surface area contributed by atoms with Gasteiger partial charge >= 0.3 is 0 Å². The van der Waals surface area contributed by atoms with E-state index in [1.807, 2.05) is 0 Å². The van der Waals surface area contributed by atoms with Crippen LogP contribution in [0.3, 0.4) is 0 Å². The average Bonchev–Trinajstić information content (AvgIpc) is 3.76. The topological polar surface area (TPSA) is 16.4 Å². The van der Waals surface area contributed by atoms with Gasteiger partial charge in [-0.25, -0.2) is 0 Å². The number of anilines is 3. The van der Waals surface area contributed by atoms with Crippen molar-refractivity contribution in [1.82, 2.24) is 0 Å². The fourth-order valence-corrected chi connectivity index (χ4v) is 10.1. The Bertz CT molecular complexity index is 3970. The third kappa shape index (κ3) is 5.88. The van der Waals surface area contributed by atoms with Crippen molar-refractivity contribution in [3.05, 3.63) is 237 Å².